The summed E-state index contributed by atoms with van der Waals surface area (Å²) >= 11 is 7.79. The minimum absolute atomic E-state index is 0.0230. The average Bonchev–Trinajstić information content (AvgIpc) is 3.05. The number of rotatable bonds is 5. The van der Waals surface area contributed by atoms with Gasteiger partial charge in [-0.2, -0.15) is 0 Å². The van der Waals surface area contributed by atoms with E-state index in [1.54, 1.807) is 19.0 Å². The van der Waals surface area contributed by atoms with Crippen molar-refractivity contribution in [2.45, 2.75) is 19.0 Å². The molecule has 7 heteroatoms. The molecular weight excluding hydrogens is 380 g/mol. The lowest BCUT2D eigenvalue weighted by Crippen LogP contribution is -2.23. The van der Waals surface area contributed by atoms with Crippen molar-refractivity contribution in [3.8, 4) is 17.1 Å². The van der Waals surface area contributed by atoms with Crippen molar-refractivity contribution in [3.63, 3.8) is 0 Å². The number of thioether (sulfide) groups is 1. The summed E-state index contributed by atoms with van der Waals surface area (Å²) < 4.78 is 1.98. The summed E-state index contributed by atoms with van der Waals surface area (Å²) in [5.74, 6) is 0.974. The summed E-state index contributed by atoms with van der Waals surface area (Å²) in [7, 11) is 3.49. The van der Waals surface area contributed by atoms with E-state index in [4.69, 9.17) is 11.6 Å². The molecule has 0 aliphatic rings. The number of carbonyl (C=O) groups is 1. The molecular formula is C20H21ClN4OS. The number of aromatic nitrogens is 3. The Labute approximate surface area is 168 Å². The highest BCUT2D eigenvalue weighted by Crippen LogP contribution is 2.33. The second-order valence-electron chi connectivity index (χ2n) is 6.49. The number of amides is 1. The summed E-state index contributed by atoms with van der Waals surface area (Å²) in [6, 6.07) is 13.8. The molecule has 0 saturated carbocycles. The minimum atomic E-state index is 0.0230. The van der Waals surface area contributed by atoms with Gasteiger partial charge in [-0.1, -0.05) is 47.6 Å². The monoisotopic (exact) mass is 400 g/mol. The molecule has 27 heavy (non-hydrogen) atoms. The first kappa shape index (κ1) is 19.5. The lowest BCUT2D eigenvalue weighted by atomic mass is 10.1. The Morgan fingerprint density at radius 2 is 1.89 bits per heavy atom. The fourth-order valence-corrected chi connectivity index (χ4v) is 3.76. The third kappa shape index (κ3) is 4.17. The van der Waals surface area contributed by atoms with Gasteiger partial charge in [0, 0.05) is 19.7 Å². The van der Waals surface area contributed by atoms with E-state index in [0.717, 1.165) is 22.4 Å². The van der Waals surface area contributed by atoms with E-state index in [9.17, 15) is 4.79 Å². The number of nitrogens with zero attached hydrogens (tertiary/aromatic N) is 4. The highest BCUT2D eigenvalue weighted by Gasteiger charge is 2.20. The SMILES string of the molecule is Cc1ccc(C)c(-n2c(SCC(=O)N(C)C)nnc2-c2ccccc2Cl)c1. The smallest absolute Gasteiger partial charge is 0.232 e. The molecule has 0 aliphatic heterocycles. The maximum Gasteiger partial charge on any atom is 0.232 e. The van der Waals surface area contributed by atoms with Gasteiger partial charge in [0.1, 0.15) is 0 Å². The first-order chi connectivity index (χ1) is 12.9. The summed E-state index contributed by atoms with van der Waals surface area (Å²) in [6.45, 7) is 4.09. The lowest BCUT2D eigenvalue weighted by molar-refractivity contribution is -0.125. The zero-order valence-electron chi connectivity index (χ0n) is 15.7. The molecule has 0 bridgehead atoms. The van der Waals surface area contributed by atoms with E-state index in [1.807, 2.05) is 42.7 Å². The number of halogens is 1. The summed E-state index contributed by atoms with van der Waals surface area (Å²) in [5.41, 5.74) is 4.01. The third-order valence-corrected chi connectivity index (χ3v) is 5.42. The van der Waals surface area contributed by atoms with Crippen molar-refractivity contribution >= 4 is 29.3 Å². The summed E-state index contributed by atoms with van der Waals surface area (Å²) in [6.07, 6.45) is 0. The molecule has 0 atom stereocenters. The topological polar surface area (TPSA) is 51.0 Å². The summed E-state index contributed by atoms with van der Waals surface area (Å²) in [5, 5.41) is 10.0. The average molecular weight is 401 g/mol. The van der Waals surface area contributed by atoms with Gasteiger partial charge in [0.05, 0.1) is 16.5 Å². The Hall–Kier alpha value is -2.31. The van der Waals surface area contributed by atoms with Gasteiger partial charge < -0.3 is 4.90 Å². The van der Waals surface area contributed by atoms with Crippen LogP contribution in [0.5, 0.6) is 0 Å². The Morgan fingerprint density at radius 1 is 1.15 bits per heavy atom. The number of hydrogen-bond donors (Lipinski definition) is 0. The van der Waals surface area contributed by atoms with Gasteiger partial charge in [0.25, 0.3) is 0 Å². The Kier molecular flexibility index (Phi) is 5.87. The molecule has 140 valence electrons. The predicted molar refractivity (Wildman–Crippen MR) is 111 cm³/mol. The normalized spacial score (nSPS) is 10.9. The third-order valence-electron chi connectivity index (χ3n) is 4.18. The van der Waals surface area contributed by atoms with Crippen molar-refractivity contribution in [3.05, 3.63) is 58.6 Å². The maximum absolute atomic E-state index is 12.0. The van der Waals surface area contributed by atoms with E-state index in [2.05, 4.69) is 28.4 Å². The highest BCUT2D eigenvalue weighted by molar-refractivity contribution is 7.99. The molecule has 0 saturated heterocycles. The molecule has 0 radical (unpaired) electrons. The van der Waals surface area contributed by atoms with E-state index in [-0.39, 0.29) is 5.91 Å². The standard InChI is InChI=1S/C20H21ClN4OS/c1-13-9-10-14(2)17(11-13)25-19(15-7-5-6-8-16(15)21)22-23-20(25)27-12-18(26)24(3)4/h5-11H,12H2,1-4H3. The Balaban J connectivity index is 2.14. The molecule has 1 aromatic heterocycles. The van der Waals surface area contributed by atoms with Crippen LogP contribution < -0.4 is 0 Å². The largest absolute Gasteiger partial charge is 0.348 e. The zero-order chi connectivity index (χ0) is 19.6. The minimum Gasteiger partial charge on any atom is -0.348 e. The van der Waals surface area contributed by atoms with E-state index >= 15 is 0 Å². The van der Waals surface area contributed by atoms with Gasteiger partial charge in [-0.05, 0) is 43.2 Å². The molecule has 2 aromatic carbocycles. The maximum atomic E-state index is 12.0. The van der Waals surface area contributed by atoms with Gasteiger partial charge in [0.2, 0.25) is 5.91 Å². The van der Waals surface area contributed by atoms with Crippen LogP contribution in [0.1, 0.15) is 11.1 Å². The summed E-state index contributed by atoms with van der Waals surface area (Å²) in [4.78, 5) is 13.6. The van der Waals surface area contributed by atoms with Crippen molar-refractivity contribution in [1.82, 2.24) is 19.7 Å². The van der Waals surface area contributed by atoms with Crippen LogP contribution in [0.15, 0.2) is 47.6 Å². The first-order valence-electron chi connectivity index (χ1n) is 8.49. The second kappa shape index (κ2) is 8.15. The van der Waals surface area contributed by atoms with E-state index in [0.29, 0.717) is 21.8 Å². The molecule has 0 spiro atoms. The fourth-order valence-electron chi connectivity index (χ4n) is 2.61. The molecule has 0 N–H and O–H groups in total. The van der Waals surface area contributed by atoms with Crippen molar-refractivity contribution in [2.75, 3.05) is 19.8 Å². The lowest BCUT2D eigenvalue weighted by Gasteiger charge is -2.15. The van der Waals surface area contributed by atoms with Crippen LogP contribution in [0.4, 0.5) is 0 Å². The van der Waals surface area contributed by atoms with Crippen molar-refractivity contribution in [2.24, 2.45) is 0 Å². The highest BCUT2D eigenvalue weighted by atomic mass is 35.5. The zero-order valence-corrected chi connectivity index (χ0v) is 17.3. The quantitative estimate of drug-likeness (QED) is 0.596. The Bertz CT molecular complexity index is 984. The van der Waals surface area contributed by atoms with Crippen LogP contribution in [-0.4, -0.2) is 45.4 Å². The van der Waals surface area contributed by atoms with E-state index < -0.39 is 0 Å². The number of benzene rings is 2. The van der Waals surface area contributed by atoms with Crippen LogP contribution in [0.2, 0.25) is 5.02 Å². The van der Waals surface area contributed by atoms with Gasteiger partial charge in [-0.3, -0.25) is 9.36 Å². The van der Waals surface area contributed by atoms with Gasteiger partial charge >= 0.3 is 0 Å². The molecule has 3 rings (SSSR count). The van der Waals surface area contributed by atoms with Crippen LogP contribution in [-0.2, 0) is 4.79 Å². The van der Waals surface area contributed by atoms with Crippen molar-refractivity contribution in [1.29, 1.82) is 0 Å². The number of aryl methyl sites for hydroxylation is 2. The molecule has 1 amide bonds. The molecule has 0 aliphatic carbocycles. The molecule has 1 heterocycles. The van der Waals surface area contributed by atoms with Crippen LogP contribution in [0, 0.1) is 13.8 Å². The first-order valence-corrected chi connectivity index (χ1v) is 9.85. The molecule has 0 fully saturated rings. The molecule has 5 nitrogen and oxygen atoms in total. The Morgan fingerprint density at radius 3 is 2.59 bits per heavy atom. The predicted octanol–water partition coefficient (Wildman–Crippen LogP) is 4.38. The van der Waals surface area contributed by atoms with Crippen LogP contribution in [0.25, 0.3) is 17.1 Å². The van der Waals surface area contributed by atoms with Crippen molar-refractivity contribution < 1.29 is 4.79 Å². The molecule has 0 unspecified atom stereocenters. The van der Waals surface area contributed by atoms with Gasteiger partial charge in [-0.15, -0.1) is 10.2 Å². The second-order valence-corrected chi connectivity index (χ2v) is 7.84. The fraction of sp³-hybridized carbons (Fsp3) is 0.250. The number of carbonyl (C=O) groups excluding carboxylic acids is 1. The van der Waals surface area contributed by atoms with Crippen LogP contribution >= 0.6 is 23.4 Å². The number of hydrogen-bond acceptors (Lipinski definition) is 4. The van der Waals surface area contributed by atoms with E-state index in [1.165, 1.54) is 11.8 Å². The van der Waals surface area contributed by atoms with Gasteiger partial charge in [-0.25, -0.2) is 0 Å². The van der Waals surface area contributed by atoms with Gasteiger partial charge in [0.15, 0.2) is 11.0 Å². The molecule has 3 aromatic rings. The van der Waals surface area contributed by atoms with Crippen LogP contribution in [0.3, 0.4) is 0 Å².